The SMILES string of the molecule is O=C(O)c1cc(Cc2ccc(Cl)c(C(=O)O)c2)ccc1Cl. The maximum atomic E-state index is 11.0. The minimum atomic E-state index is -1.11. The van der Waals surface area contributed by atoms with Crippen molar-refractivity contribution < 1.29 is 19.8 Å². The lowest BCUT2D eigenvalue weighted by atomic mass is 10.0. The average Bonchev–Trinajstić information content (AvgIpc) is 2.42. The summed E-state index contributed by atoms with van der Waals surface area (Å²) in [5.41, 5.74) is 1.47. The van der Waals surface area contributed by atoms with Gasteiger partial charge in [0, 0.05) is 0 Å². The Hall–Kier alpha value is -2.04. The van der Waals surface area contributed by atoms with Crippen LogP contribution in [-0.4, -0.2) is 22.2 Å². The van der Waals surface area contributed by atoms with Crippen LogP contribution in [-0.2, 0) is 6.42 Å². The Bertz CT molecular complexity index is 664. The molecule has 2 aromatic carbocycles. The van der Waals surface area contributed by atoms with Crippen molar-refractivity contribution in [1.29, 1.82) is 0 Å². The molecular formula is C15H10Cl2O4. The van der Waals surface area contributed by atoms with E-state index in [-0.39, 0.29) is 21.2 Å². The Labute approximate surface area is 130 Å². The molecule has 0 fully saturated rings. The molecular weight excluding hydrogens is 315 g/mol. The van der Waals surface area contributed by atoms with Gasteiger partial charge in [0.15, 0.2) is 0 Å². The number of aromatic carboxylic acids is 2. The van der Waals surface area contributed by atoms with Gasteiger partial charge in [-0.1, -0.05) is 35.3 Å². The molecule has 108 valence electrons. The monoisotopic (exact) mass is 324 g/mol. The largest absolute Gasteiger partial charge is 0.478 e. The van der Waals surface area contributed by atoms with Gasteiger partial charge in [0.25, 0.3) is 0 Å². The van der Waals surface area contributed by atoms with E-state index in [2.05, 4.69) is 0 Å². The smallest absolute Gasteiger partial charge is 0.337 e. The fraction of sp³-hybridized carbons (Fsp3) is 0.0667. The zero-order valence-electron chi connectivity index (χ0n) is 10.6. The van der Waals surface area contributed by atoms with Gasteiger partial charge in [-0.05, 0) is 41.8 Å². The van der Waals surface area contributed by atoms with Crippen LogP contribution in [0.5, 0.6) is 0 Å². The predicted octanol–water partition coefficient (Wildman–Crippen LogP) is 3.98. The van der Waals surface area contributed by atoms with Gasteiger partial charge in [-0.2, -0.15) is 0 Å². The summed E-state index contributed by atoms with van der Waals surface area (Å²) in [4.78, 5) is 22.1. The first-order valence-electron chi connectivity index (χ1n) is 5.92. The van der Waals surface area contributed by atoms with Crippen LogP contribution < -0.4 is 0 Å². The number of benzene rings is 2. The first-order valence-corrected chi connectivity index (χ1v) is 6.67. The second-order valence-electron chi connectivity index (χ2n) is 4.42. The number of carboxylic acid groups (broad SMARTS) is 2. The molecule has 0 saturated heterocycles. The van der Waals surface area contributed by atoms with Gasteiger partial charge in [0.1, 0.15) is 0 Å². The molecule has 0 aliphatic rings. The zero-order valence-corrected chi connectivity index (χ0v) is 12.1. The molecule has 0 atom stereocenters. The van der Waals surface area contributed by atoms with E-state index in [4.69, 9.17) is 33.4 Å². The minimum absolute atomic E-state index is 0.0154. The van der Waals surface area contributed by atoms with Gasteiger partial charge in [0.2, 0.25) is 0 Å². The highest BCUT2D eigenvalue weighted by molar-refractivity contribution is 6.33. The van der Waals surface area contributed by atoms with Crippen molar-refractivity contribution in [1.82, 2.24) is 0 Å². The summed E-state index contributed by atoms with van der Waals surface area (Å²) < 4.78 is 0. The molecule has 6 heteroatoms. The Morgan fingerprint density at radius 2 is 1.19 bits per heavy atom. The molecule has 0 aliphatic heterocycles. The van der Waals surface area contributed by atoms with Crippen molar-refractivity contribution in [3.05, 3.63) is 68.7 Å². The molecule has 2 rings (SSSR count). The van der Waals surface area contributed by atoms with Gasteiger partial charge in [-0.25, -0.2) is 9.59 Å². The van der Waals surface area contributed by atoms with Crippen molar-refractivity contribution in [3.63, 3.8) is 0 Å². The van der Waals surface area contributed by atoms with E-state index >= 15 is 0 Å². The standard InChI is InChI=1S/C15H10Cl2O4/c16-12-3-1-8(6-10(12)14(18)19)5-9-2-4-13(17)11(7-9)15(20)21/h1-4,6-7H,5H2,(H,18,19)(H,20,21). The third-order valence-corrected chi connectivity index (χ3v) is 3.59. The quantitative estimate of drug-likeness (QED) is 0.891. The lowest BCUT2D eigenvalue weighted by molar-refractivity contribution is 0.0686. The molecule has 21 heavy (non-hydrogen) atoms. The van der Waals surface area contributed by atoms with E-state index in [1.54, 1.807) is 12.1 Å². The van der Waals surface area contributed by atoms with Crippen LogP contribution in [0.2, 0.25) is 10.0 Å². The third-order valence-electron chi connectivity index (χ3n) is 2.93. The Balaban J connectivity index is 2.34. The van der Waals surface area contributed by atoms with E-state index in [1.165, 1.54) is 24.3 Å². The summed E-state index contributed by atoms with van der Waals surface area (Å²) in [6.07, 6.45) is 0.384. The number of rotatable bonds is 4. The first-order chi connectivity index (χ1) is 9.88. The Morgan fingerprint density at radius 1 is 0.810 bits per heavy atom. The van der Waals surface area contributed by atoms with E-state index in [0.29, 0.717) is 6.42 Å². The Morgan fingerprint density at radius 3 is 1.52 bits per heavy atom. The van der Waals surface area contributed by atoms with Gasteiger partial charge >= 0.3 is 11.9 Å². The molecule has 4 nitrogen and oxygen atoms in total. The number of hydrogen-bond donors (Lipinski definition) is 2. The molecule has 0 radical (unpaired) electrons. The van der Waals surface area contributed by atoms with Crippen molar-refractivity contribution >= 4 is 35.1 Å². The zero-order chi connectivity index (χ0) is 15.6. The molecule has 0 spiro atoms. The van der Waals surface area contributed by atoms with Crippen molar-refractivity contribution in [3.8, 4) is 0 Å². The number of hydrogen-bond acceptors (Lipinski definition) is 2. The number of halogens is 2. The average molecular weight is 325 g/mol. The van der Waals surface area contributed by atoms with Crippen LogP contribution in [0.15, 0.2) is 36.4 Å². The third kappa shape index (κ3) is 3.54. The molecule has 0 saturated carbocycles. The lowest BCUT2D eigenvalue weighted by Crippen LogP contribution is -2.01. The fourth-order valence-electron chi connectivity index (χ4n) is 1.93. The van der Waals surface area contributed by atoms with Gasteiger partial charge in [-0.15, -0.1) is 0 Å². The van der Waals surface area contributed by atoms with Gasteiger partial charge < -0.3 is 10.2 Å². The second kappa shape index (κ2) is 6.16. The summed E-state index contributed by atoms with van der Waals surface area (Å²) in [6, 6.07) is 9.36. The molecule has 0 unspecified atom stereocenters. The second-order valence-corrected chi connectivity index (χ2v) is 5.23. The normalized spacial score (nSPS) is 10.4. The Kier molecular flexibility index (Phi) is 4.50. The van der Waals surface area contributed by atoms with Crippen LogP contribution in [0.25, 0.3) is 0 Å². The molecule has 0 aliphatic carbocycles. The fourth-order valence-corrected chi connectivity index (χ4v) is 2.33. The van der Waals surface area contributed by atoms with E-state index < -0.39 is 11.9 Å². The first kappa shape index (κ1) is 15.4. The summed E-state index contributed by atoms with van der Waals surface area (Å²) in [6.45, 7) is 0. The predicted molar refractivity (Wildman–Crippen MR) is 79.6 cm³/mol. The van der Waals surface area contributed by atoms with Gasteiger partial charge in [0.05, 0.1) is 21.2 Å². The van der Waals surface area contributed by atoms with Crippen molar-refractivity contribution in [2.75, 3.05) is 0 Å². The van der Waals surface area contributed by atoms with Crippen LogP contribution in [0, 0.1) is 0 Å². The summed E-state index contributed by atoms with van der Waals surface area (Å²) in [5.74, 6) is -2.21. The van der Waals surface area contributed by atoms with E-state index in [0.717, 1.165) is 11.1 Å². The van der Waals surface area contributed by atoms with Gasteiger partial charge in [-0.3, -0.25) is 0 Å². The minimum Gasteiger partial charge on any atom is -0.478 e. The van der Waals surface area contributed by atoms with Crippen molar-refractivity contribution in [2.24, 2.45) is 0 Å². The van der Waals surface area contributed by atoms with Crippen LogP contribution in [0.1, 0.15) is 31.8 Å². The highest BCUT2D eigenvalue weighted by Gasteiger charge is 2.12. The van der Waals surface area contributed by atoms with E-state index in [1.807, 2.05) is 0 Å². The van der Waals surface area contributed by atoms with E-state index in [9.17, 15) is 9.59 Å². The summed E-state index contributed by atoms with van der Waals surface area (Å²) in [5, 5.41) is 18.4. The maximum absolute atomic E-state index is 11.0. The number of carbonyl (C=O) groups is 2. The lowest BCUT2D eigenvalue weighted by Gasteiger charge is -2.07. The van der Waals surface area contributed by atoms with Crippen molar-refractivity contribution in [2.45, 2.75) is 6.42 Å². The highest BCUT2D eigenvalue weighted by atomic mass is 35.5. The number of carboxylic acids is 2. The van der Waals surface area contributed by atoms with Crippen LogP contribution in [0.4, 0.5) is 0 Å². The molecule has 0 heterocycles. The highest BCUT2D eigenvalue weighted by Crippen LogP contribution is 2.22. The summed E-state index contributed by atoms with van der Waals surface area (Å²) in [7, 11) is 0. The maximum Gasteiger partial charge on any atom is 0.337 e. The topological polar surface area (TPSA) is 74.6 Å². The van der Waals surface area contributed by atoms with Crippen LogP contribution in [0.3, 0.4) is 0 Å². The molecule has 0 aromatic heterocycles. The summed E-state index contributed by atoms with van der Waals surface area (Å²) >= 11 is 11.6. The molecule has 0 amide bonds. The molecule has 2 N–H and O–H groups in total. The molecule has 0 bridgehead atoms. The molecule has 2 aromatic rings. The van der Waals surface area contributed by atoms with Crippen LogP contribution >= 0.6 is 23.2 Å².